The molecule has 2 heterocycles. The minimum absolute atomic E-state index is 0.0275. The molecule has 1 atom stereocenters. The number of carboxylic acid groups (broad SMARTS) is 2. The monoisotopic (exact) mass is 595 g/mol. The fourth-order valence-electron chi connectivity index (χ4n) is 3.85. The molecule has 228 valence electrons. The lowest BCUT2D eigenvalue weighted by atomic mass is 10.3. The van der Waals surface area contributed by atoms with E-state index in [1.54, 1.807) is 36.0 Å². The predicted molar refractivity (Wildman–Crippen MR) is 154 cm³/mol. The van der Waals surface area contributed by atoms with Gasteiger partial charge < -0.3 is 35.6 Å². The average Bonchev–Trinajstić information content (AvgIpc) is 2.95. The lowest BCUT2D eigenvalue weighted by Gasteiger charge is -2.24. The predicted octanol–water partition coefficient (Wildman–Crippen LogP) is 0.256. The molecular formula is C27H41N5O8S. The number of aliphatic hydroxyl groups excluding tert-OH is 2. The van der Waals surface area contributed by atoms with E-state index in [1.165, 1.54) is 12.1 Å². The Labute approximate surface area is 244 Å². The van der Waals surface area contributed by atoms with Crippen molar-refractivity contribution in [1.82, 2.24) is 19.8 Å². The molecule has 0 aliphatic rings. The first-order valence-corrected chi connectivity index (χ1v) is 14.5. The number of nitrogens with zero attached hydrogens (tertiary/aromatic N) is 4. The van der Waals surface area contributed by atoms with Crippen LogP contribution in [0, 0.1) is 0 Å². The van der Waals surface area contributed by atoms with Crippen molar-refractivity contribution in [3.05, 3.63) is 59.2 Å². The zero-order valence-electron chi connectivity index (χ0n) is 23.1. The lowest BCUT2D eigenvalue weighted by Crippen LogP contribution is -2.34. The molecule has 0 radical (unpaired) electrons. The van der Waals surface area contributed by atoms with Crippen molar-refractivity contribution in [2.75, 3.05) is 77.3 Å². The summed E-state index contributed by atoms with van der Waals surface area (Å²) in [6.07, 6.45) is -0.198. The number of aliphatic hydroxyl groups is 2. The third-order valence-corrected chi connectivity index (χ3v) is 6.97. The van der Waals surface area contributed by atoms with Crippen molar-refractivity contribution in [3.8, 4) is 0 Å². The summed E-state index contributed by atoms with van der Waals surface area (Å²) < 4.78 is 12.0. The summed E-state index contributed by atoms with van der Waals surface area (Å²) in [7, 11) is 0. The van der Waals surface area contributed by atoms with Crippen LogP contribution in [0.5, 0.6) is 0 Å². The number of carboxylic acids is 2. The Morgan fingerprint density at radius 1 is 0.854 bits per heavy atom. The highest BCUT2D eigenvalue weighted by Crippen LogP contribution is 2.09. The van der Waals surface area contributed by atoms with E-state index in [0.717, 1.165) is 5.75 Å². The molecule has 41 heavy (non-hydrogen) atoms. The van der Waals surface area contributed by atoms with Crippen LogP contribution >= 0.6 is 11.8 Å². The number of pyridine rings is 2. The number of thioether (sulfide) groups is 1. The summed E-state index contributed by atoms with van der Waals surface area (Å²) in [5.41, 5.74) is 6.76. The van der Waals surface area contributed by atoms with Crippen molar-refractivity contribution in [2.24, 2.45) is 5.73 Å². The third-order valence-electron chi connectivity index (χ3n) is 5.84. The Morgan fingerprint density at radius 3 is 1.88 bits per heavy atom. The Hall–Kier alpha value is -2.69. The fourth-order valence-corrected chi connectivity index (χ4v) is 4.64. The second-order valence-corrected chi connectivity index (χ2v) is 10.2. The first kappa shape index (κ1) is 34.5. The largest absolute Gasteiger partial charge is 0.477 e. The van der Waals surface area contributed by atoms with Gasteiger partial charge in [-0.1, -0.05) is 12.1 Å². The molecule has 0 aliphatic carbocycles. The average molecular weight is 596 g/mol. The molecule has 6 N–H and O–H groups in total. The van der Waals surface area contributed by atoms with Gasteiger partial charge in [-0.2, -0.15) is 11.8 Å². The zero-order valence-corrected chi connectivity index (χ0v) is 24.0. The summed E-state index contributed by atoms with van der Waals surface area (Å²) in [6, 6.07) is 9.65. The maximum Gasteiger partial charge on any atom is 0.354 e. The molecule has 2 rings (SSSR count). The normalized spacial score (nSPS) is 12.2. The molecule has 1 unspecified atom stereocenters. The highest BCUT2D eigenvalue weighted by molar-refractivity contribution is 7.99. The minimum atomic E-state index is -1.09. The molecule has 0 saturated heterocycles. The number of aromatic nitrogens is 2. The highest BCUT2D eigenvalue weighted by Gasteiger charge is 2.15. The van der Waals surface area contributed by atoms with Crippen molar-refractivity contribution >= 4 is 23.7 Å². The zero-order chi connectivity index (χ0) is 29.9. The Morgan fingerprint density at radius 2 is 1.39 bits per heavy atom. The van der Waals surface area contributed by atoms with E-state index < -0.39 is 11.9 Å². The minimum Gasteiger partial charge on any atom is -0.477 e. The number of carbonyl (C=O) groups is 2. The van der Waals surface area contributed by atoms with Crippen molar-refractivity contribution in [3.63, 3.8) is 0 Å². The highest BCUT2D eigenvalue weighted by atomic mass is 32.2. The standard InChI is InChI=1S/C27H41N5O8S/c28-7-16-41-20-23(40-15-11-32(9-13-34)18-22-4-2-6-25(30-22)27(37)38)19-39-14-10-31(8-12-33)17-21-3-1-5-24(29-21)26(35)36/h1-6,23,33-34H,7-20,28H2,(H,35,36)(H,37,38). The molecule has 0 aliphatic heterocycles. The molecule has 0 bridgehead atoms. The van der Waals surface area contributed by atoms with Gasteiger partial charge in [0.15, 0.2) is 0 Å². The first-order valence-electron chi connectivity index (χ1n) is 13.4. The van der Waals surface area contributed by atoms with Crippen LogP contribution in [0.15, 0.2) is 36.4 Å². The van der Waals surface area contributed by atoms with Gasteiger partial charge in [-0.05, 0) is 24.3 Å². The molecule has 14 heteroatoms. The van der Waals surface area contributed by atoms with Gasteiger partial charge in [0, 0.05) is 57.3 Å². The summed E-state index contributed by atoms with van der Waals surface area (Å²) in [4.78, 5) is 34.6. The van der Waals surface area contributed by atoms with Gasteiger partial charge >= 0.3 is 11.9 Å². The van der Waals surface area contributed by atoms with Gasteiger partial charge in [-0.3, -0.25) is 9.80 Å². The van der Waals surface area contributed by atoms with Gasteiger partial charge in [0.2, 0.25) is 0 Å². The van der Waals surface area contributed by atoms with Crippen LogP contribution < -0.4 is 5.73 Å². The van der Waals surface area contributed by atoms with Gasteiger partial charge in [0.25, 0.3) is 0 Å². The molecular weight excluding hydrogens is 554 g/mol. The summed E-state index contributed by atoms with van der Waals surface area (Å²) >= 11 is 1.67. The van der Waals surface area contributed by atoms with E-state index in [2.05, 4.69) is 9.97 Å². The summed E-state index contributed by atoms with van der Waals surface area (Å²) in [6.45, 7) is 4.08. The SMILES string of the molecule is NCCSCC(COCCN(CCO)Cc1cccc(C(=O)O)n1)OCCN(CCO)Cc1cccc(C(=O)O)n1. The quantitative estimate of drug-likeness (QED) is 0.110. The number of aromatic carboxylic acids is 2. The fraction of sp³-hybridized carbons (Fsp3) is 0.556. The molecule has 0 saturated carbocycles. The van der Waals surface area contributed by atoms with Crippen molar-refractivity contribution in [1.29, 1.82) is 0 Å². The topological polar surface area (TPSA) is 192 Å². The van der Waals surface area contributed by atoms with Crippen LogP contribution in [-0.4, -0.2) is 136 Å². The third kappa shape index (κ3) is 14.2. The van der Waals surface area contributed by atoms with Crippen LogP contribution in [0.25, 0.3) is 0 Å². The molecule has 0 spiro atoms. The number of rotatable bonds is 23. The summed E-state index contributed by atoms with van der Waals surface area (Å²) in [5, 5.41) is 37.3. The molecule has 0 aromatic carbocycles. The number of hydrogen-bond donors (Lipinski definition) is 5. The van der Waals surface area contributed by atoms with E-state index in [0.29, 0.717) is 82.8 Å². The van der Waals surface area contributed by atoms with Crippen molar-refractivity contribution in [2.45, 2.75) is 19.2 Å². The van der Waals surface area contributed by atoms with Crippen LogP contribution in [-0.2, 0) is 22.6 Å². The van der Waals surface area contributed by atoms with E-state index in [9.17, 15) is 24.9 Å². The van der Waals surface area contributed by atoms with Crippen molar-refractivity contribution < 1.29 is 39.5 Å². The number of nitrogens with two attached hydrogens (primary N) is 1. The van der Waals surface area contributed by atoms with E-state index in [1.807, 2.05) is 9.80 Å². The Bertz CT molecular complexity index is 1050. The van der Waals surface area contributed by atoms with Crippen LogP contribution in [0.3, 0.4) is 0 Å². The molecule has 0 fully saturated rings. The van der Waals surface area contributed by atoms with Crippen LogP contribution in [0.1, 0.15) is 32.4 Å². The Kier molecular flexibility index (Phi) is 17.0. The maximum atomic E-state index is 11.2. The van der Waals surface area contributed by atoms with Gasteiger partial charge in [-0.15, -0.1) is 0 Å². The van der Waals surface area contributed by atoms with E-state index >= 15 is 0 Å². The smallest absolute Gasteiger partial charge is 0.354 e. The summed E-state index contributed by atoms with van der Waals surface area (Å²) in [5.74, 6) is -0.711. The second-order valence-electron chi connectivity index (χ2n) is 9.07. The number of hydrogen-bond acceptors (Lipinski definition) is 12. The second kappa shape index (κ2) is 20.2. The maximum absolute atomic E-state index is 11.2. The van der Waals surface area contributed by atoms with Gasteiger partial charge in [0.05, 0.1) is 50.5 Å². The Balaban J connectivity index is 1.85. The van der Waals surface area contributed by atoms with Crippen LogP contribution in [0.2, 0.25) is 0 Å². The molecule has 0 amide bonds. The molecule has 2 aromatic rings. The van der Waals surface area contributed by atoms with Gasteiger partial charge in [0.1, 0.15) is 11.4 Å². The van der Waals surface area contributed by atoms with Crippen LogP contribution in [0.4, 0.5) is 0 Å². The van der Waals surface area contributed by atoms with E-state index in [4.69, 9.17) is 20.3 Å². The number of ether oxygens (including phenoxy) is 2. The van der Waals surface area contributed by atoms with Gasteiger partial charge in [-0.25, -0.2) is 19.6 Å². The van der Waals surface area contributed by atoms with E-state index in [-0.39, 0.29) is 30.7 Å². The first-order chi connectivity index (χ1) is 19.9. The lowest BCUT2D eigenvalue weighted by molar-refractivity contribution is -0.0175. The molecule has 13 nitrogen and oxygen atoms in total. The molecule has 2 aromatic heterocycles.